The average molecular weight is 296 g/mol. The van der Waals surface area contributed by atoms with Gasteiger partial charge in [0.15, 0.2) is 0 Å². The Morgan fingerprint density at radius 1 is 1.23 bits per heavy atom. The highest BCUT2D eigenvalue weighted by Crippen LogP contribution is 2.42. The minimum atomic E-state index is 0.0118. The molecule has 22 heavy (non-hydrogen) atoms. The van der Waals surface area contributed by atoms with Gasteiger partial charge >= 0.3 is 0 Å². The molecule has 114 valence electrons. The zero-order chi connectivity index (χ0) is 14.9. The molecule has 0 bridgehead atoms. The van der Waals surface area contributed by atoms with Gasteiger partial charge in [-0.3, -0.25) is 4.79 Å². The van der Waals surface area contributed by atoms with Crippen molar-refractivity contribution in [1.29, 1.82) is 0 Å². The van der Waals surface area contributed by atoms with Crippen molar-refractivity contribution in [1.82, 2.24) is 20.4 Å². The van der Waals surface area contributed by atoms with Gasteiger partial charge in [-0.15, -0.1) is 0 Å². The van der Waals surface area contributed by atoms with Gasteiger partial charge in [0.05, 0.1) is 23.1 Å². The van der Waals surface area contributed by atoms with Crippen LogP contribution in [0.5, 0.6) is 0 Å². The molecule has 2 fully saturated rings. The second kappa shape index (κ2) is 5.57. The summed E-state index contributed by atoms with van der Waals surface area (Å²) in [6, 6.07) is 10.3. The Morgan fingerprint density at radius 2 is 2.05 bits per heavy atom. The molecule has 5 heteroatoms. The van der Waals surface area contributed by atoms with Crippen LogP contribution in [0, 0.1) is 0 Å². The molecule has 4 rings (SSSR count). The lowest BCUT2D eigenvalue weighted by Gasteiger charge is -2.12. The van der Waals surface area contributed by atoms with Gasteiger partial charge < -0.3 is 10.6 Å². The third-order valence-electron chi connectivity index (χ3n) is 4.41. The van der Waals surface area contributed by atoms with E-state index in [1.807, 2.05) is 35.0 Å². The Labute approximate surface area is 129 Å². The van der Waals surface area contributed by atoms with Crippen LogP contribution in [0.15, 0.2) is 36.5 Å². The van der Waals surface area contributed by atoms with Gasteiger partial charge in [-0.05, 0) is 37.9 Å². The first-order chi connectivity index (χ1) is 10.8. The third kappa shape index (κ3) is 2.52. The van der Waals surface area contributed by atoms with Gasteiger partial charge in [-0.2, -0.15) is 5.10 Å². The molecule has 5 nitrogen and oxygen atoms in total. The molecule has 2 aliphatic rings. The van der Waals surface area contributed by atoms with Gasteiger partial charge in [-0.25, -0.2) is 4.68 Å². The van der Waals surface area contributed by atoms with Crippen LogP contribution in [-0.2, 0) is 0 Å². The van der Waals surface area contributed by atoms with Crippen molar-refractivity contribution in [2.45, 2.75) is 31.2 Å². The molecule has 0 radical (unpaired) electrons. The van der Waals surface area contributed by atoms with Gasteiger partial charge in [0.1, 0.15) is 0 Å². The Hall–Kier alpha value is -2.14. The summed E-state index contributed by atoms with van der Waals surface area (Å²) in [6.07, 6.45) is 5.00. The van der Waals surface area contributed by atoms with Gasteiger partial charge in [0.2, 0.25) is 0 Å². The summed E-state index contributed by atoms with van der Waals surface area (Å²) in [6.45, 7) is 1.83. The minimum Gasteiger partial charge on any atom is -0.348 e. The highest BCUT2D eigenvalue weighted by atomic mass is 16.1. The third-order valence-corrected chi connectivity index (χ3v) is 4.41. The molecule has 1 aliphatic heterocycles. The number of amides is 1. The second-order valence-electron chi connectivity index (χ2n) is 6.13. The topological polar surface area (TPSA) is 59.0 Å². The van der Waals surface area contributed by atoms with Crippen molar-refractivity contribution in [2.24, 2.45) is 0 Å². The zero-order valence-corrected chi connectivity index (χ0v) is 12.5. The predicted molar refractivity (Wildman–Crippen MR) is 84.3 cm³/mol. The smallest absolute Gasteiger partial charge is 0.255 e. The van der Waals surface area contributed by atoms with Crippen molar-refractivity contribution in [3.05, 3.63) is 47.8 Å². The van der Waals surface area contributed by atoms with Crippen LogP contribution in [0.2, 0.25) is 0 Å². The number of hydrogen-bond acceptors (Lipinski definition) is 3. The Kier molecular flexibility index (Phi) is 3.42. The monoisotopic (exact) mass is 296 g/mol. The number of benzene rings is 1. The normalized spacial score (nSPS) is 21.0. The predicted octanol–water partition coefficient (Wildman–Crippen LogP) is 1.84. The Bertz CT molecular complexity index is 669. The van der Waals surface area contributed by atoms with E-state index in [0.29, 0.717) is 5.92 Å². The molecule has 1 aliphatic carbocycles. The van der Waals surface area contributed by atoms with Crippen molar-refractivity contribution in [3.8, 4) is 5.69 Å². The maximum absolute atomic E-state index is 12.6. The van der Waals surface area contributed by atoms with Crippen LogP contribution in [0.25, 0.3) is 5.69 Å². The quantitative estimate of drug-likeness (QED) is 0.905. The molecular formula is C17H20N4O. The van der Waals surface area contributed by atoms with Crippen molar-refractivity contribution < 1.29 is 4.79 Å². The van der Waals surface area contributed by atoms with E-state index in [1.165, 1.54) is 0 Å². The van der Waals surface area contributed by atoms with E-state index in [-0.39, 0.29) is 11.9 Å². The molecule has 1 aromatic heterocycles. The maximum atomic E-state index is 12.6. The summed E-state index contributed by atoms with van der Waals surface area (Å²) < 4.78 is 1.93. The second-order valence-corrected chi connectivity index (χ2v) is 6.13. The number of nitrogens with one attached hydrogen (secondary N) is 2. The maximum Gasteiger partial charge on any atom is 0.255 e. The van der Waals surface area contributed by atoms with Gasteiger partial charge in [-0.1, -0.05) is 18.2 Å². The summed E-state index contributed by atoms with van der Waals surface area (Å²) in [5, 5.41) is 10.9. The zero-order valence-electron chi connectivity index (χ0n) is 12.5. The van der Waals surface area contributed by atoms with E-state index in [1.54, 1.807) is 6.20 Å². The van der Waals surface area contributed by atoms with Crippen molar-refractivity contribution >= 4 is 5.91 Å². The molecule has 1 saturated heterocycles. The molecule has 2 heterocycles. The first kappa shape index (κ1) is 13.5. The Morgan fingerprint density at radius 3 is 2.73 bits per heavy atom. The first-order valence-electron chi connectivity index (χ1n) is 7.98. The van der Waals surface area contributed by atoms with E-state index in [0.717, 1.165) is 49.3 Å². The van der Waals surface area contributed by atoms with Gasteiger partial charge in [0, 0.05) is 18.5 Å². The molecular weight excluding hydrogens is 276 g/mol. The average Bonchev–Trinajstić information content (AvgIpc) is 3.08. The SMILES string of the molecule is O=C(NC1CCNC1)c1cnn(-c2ccccc2)c1C1CC1. The minimum absolute atomic E-state index is 0.0118. The molecule has 1 saturated carbocycles. The van der Waals surface area contributed by atoms with E-state index in [9.17, 15) is 4.79 Å². The fourth-order valence-electron chi connectivity index (χ4n) is 3.10. The number of carbonyl (C=O) groups excluding carboxylic acids is 1. The molecule has 2 N–H and O–H groups in total. The summed E-state index contributed by atoms with van der Waals surface area (Å²) in [5.41, 5.74) is 2.82. The fraction of sp³-hybridized carbons (Fsp3) is 0.412. The number of rotatable bonds is 4. The lowest BCUT2D eigenvalue weighted by Crippen LogP contribution is -2.36. The largest absolute Gasteiger partial charge is 0.348 e. The highest BCUT2D eigenvalue weighted by Gasteiger charge is 2.33. The Balaban J connectivity index is 1.65. The van der Waals surface area contributed by atoms with E-state index in [2.05, 4.69) is 15.7 Å². The van der Waals surface area contributed by atoms with E-state index >= 15 is 0 Å². The molecule has 0 spiro atoms. The van der Waals surface area contributed by atoms with Crippen LogP contribution in [-0.4, -0.2) is 34.8 Å². The van der Waals surface area contributed by atoms with Crippen LogP contribution < -0.4 is 10.6 Å². The van der Waals surface area contributed by atoms with E-state index < -0.39 is 0 Å². The molecule has 2 aromatic rings. The van der Waals surface area contributed by atoms with Crippen LogP contribution >= 0.6 is 0 Å². The fourth-order valence-corrected chi connectivity index (χ4v) is 3.10. The summed E-state index contributed by atoms with van der Waals surface area (Å²) in [5.74, 6) is 0.475. The van der Waals surface area contributed by atoms with Gasteiger partial charge in [0.25, 0.3) is 5.91 Å². The van der Waals surface area contributed by atoms with Crippen LogP contribution in [0.3, 0.4) is 0 Å². The van der Waals surface area contributed by atoms with Crippen molar-refractivity contribution in [3.63, 3.8) is 0 Å². The lowest BCUT2D eigenvalue weighted by molar-refractivity contribution is 0.0939. The molecule has 1 amide bonds. The van der Waals surface area contributed by atoms with Crippen LogP contribution in [0.4, 0.5) is 0 Å². The van der Waals surface area contributed by atoms with Crippen LogP contribution in [0.1, 0.15) is 41.2 Å². The highest BCUT2D eigenvalue weighted by molar-refractivity contribution is 5.95. The number of aromatic nitrogens is 2. The number of carbonyl (C=O) groups is 1. The first-order valence-corrected chi connectivity index (χ1v) is 7.98. The molecule has 1 unspecified atom stereocenters. The van der Waals surface area contributed by atoms with Crippen molar-refractivity contribution in [2.75, 3.05) is 13.1 Å². The van der Waals surface area contributed by atoms with E-state index in [4.69, 9.17) is 0 Å². The number of para-hydroxylation sites is 1. The standard InChI is InChI=1S/C17H20N4O/c22-17(20-13-8-9-18-10-13)15-11-19-21(16(15)12-6-7-12)14-4-2-1-3-5-14/h1-5,11-13,18H,6-10H2,(H,20,22). The number of nitrogens with zero attached hydrogens (tertiary/aromatic N) is 2. The number of hydrogen-bond donors (Lipinski definition) is 2. The molecule has 1 atom stereocenters. The summed E-state index contributed by atoms with van der Waals surface area (Å²) in [4.78, 5) is 12.6. The molecule has 1 aromatic carbocycles. The lowest BCUT2D eigenvalue weighted by atomic mass is 10.1. The summed E-state index contributed by atoms with van der Waals surface area (Å²) >= 11 is 0. The summed E-state index contributed by atoms with van der Waals surface area (Å²) in [7, 11) is 0.